The van der Waals surface area contributed by atoms with E-state index in [1.807, 2.05) is 0 Å². The molecule has 0 aromatic heterocycles. The summed E-state index contributed by atoms with van der Waals surface area (Å²) in [7, 11) is 0. The van der Waals surface area contributed by atoms with E-state index in [1.54, 1.807) is 0 Å². The fourth-order valence-electron chi connectivity index (χ4n) is 1.59. The van der Waals surface area contributed by atoms with E-state index in [0.717, 1.165) is 6.07 Å². The second-order valence-electron chi connectivity index (χ2n) is 3.60. The predicted molar refractivity (Wildman–Crippen MR) is 51.3 cm³/mol. The Labute approximate surface area is 91.0 Å². The maximum absolute atomic E-state index is 12.6. The first kappa shape index (κ1) is 11.3. The largest absolute Gasteiger partial charge is 0.487 e. The topological polar surface area (TPSA) is 18.5 Å². The lowest BCUT2D eigenvalue weighted by molar-refractivity contribution is -0.139. The molecule has 1 heterocycles. The Morgan fingerprint density at radius 3 is 2.62 bits per heavy atom. The molecule has 0 bridgehead atoms. The molecule has 1 saturated heterocycles. The quantitative estimate of drug-likeness (QED) is 0.780. The zero-order chi connectivity index (χ0) is 11.6. The van der Waals surface area contributed by atoms with Gasteiger partial charge in [-0.25, -0.2) is 0 Å². The number of benzene rings is 1. The molecule has 0 N–H and O–H groups in total. The van der Waals surface area contributed by atoms with Gasteiger partial charge in [0.05, 0.1) is 18.8 Å². The van der Waals surface area contributed by atoms with Crippen molar-refractivity contribution in [1.29, 1.82) is 0 Å². The van der Waals surface area contributed by atoms with Gasteiger partial charge in [0.1, 0.15) is 11.9 Å². The summed E-state index contributed by atoms with van der Waals surface area (Å²) in [6, 6.07) is 5.23. The van der Waals surface area contributed by atoms with Crippen LogP contribution in [0.2, 0.25) is 0 Å². The Hall–Kier alpha value is -1.23. The predicted octanol–water partition coefficient (Wildman–Crippen LogP) is 2.87. The van der Waals surface area contributed by atoms with E-state index in [0.29, 0.717) is 19.6 Å². The molecule has 0 amide bonds. The van der Waals surface area contributed by atoms with Crippen LogP contribution in [0.1, 0.15) is 12.0 Å². The highest BCUT2D eigenvalue weighted by Gasteiger charge is 2.34. The highest BCUT2D eigenvalue weighted by atomic mass is 19.4. The highest BCUT2D eigenvalue weighted by molar-refractivity contribution is 5.35. The van der Waals surface area contributed by atoms with Crippen molar-refractivity contribution in [2.24, 2.45) is 0 Å². The molecule has 0 saturated carbocycles. The zero-order valence-corrected chi connectivity index (χ0v) is 8.46. The average molecular weight is 232 g/mol. The molecular formula is C11H11F3O2. The van der Waals surface area contributed by atoms with Gasteiger partial charge in [-0.05, 0) is 12.1 Å². The standard InChI is InChI=1S/C11H11F3O2/c12-11(13,14)9-3-1-2-4-10(9)16-8-5-6-15-7-8/h1-4,8H,5-7H2/t8-/m0/s1. The first-order chi connectivity index (χ1) is 7.57. The van der Waals surface area contributed by atoms with Gasteiger partial charge in [0.15, 0.2) is 0 Å². The van der Waals surface area contributed by atoms with E-state index in [9.17, 15) is 13.2 Å². The van der Waals surface area contributed by atoms with Crippen LogP contribution in [-0.4, -0.2) is 19.3 Å². The van der Waals surface area contributed by atoms with Crippen LogP contribution in [0.5, 0.6) is 5.75 Å². The van der Waals surface area contributed by atoms with Gasteiger partial charge in [-0.2, -0.15) is 13.2 Å². The maximum Gasteiger partial charge on any atom is 0.419 e. The van der Waals surface area contributed by atoms with Crippen LogP contribution in [0.3, 0.4) is 0 Å². The summed E-state index contributed by atoms with van der Waals surface area (Å²) in [4.78, 5) is 0. The molecule has 0 unspecified atom stereocenters. The lowest BCUT2D eigenvalue weighted by atomic mass is 10.2. The van der Waals surface area contributed by atoms with Gasteiger partial charge in [0, 0.05) is 6.42 Å². The first-order valence-electron chi connectivity index (χ1n) is 4.98. The third-order valence-corrected chi connectivity index (χ3v) is 2.37. The van der Waals surface area contributed by atoms with Crippen LogP contribution < -0.4 is 4.74 Å². The Balaban J connectivity index is 2.19. The number of alkyl halides is 3. The molecule has 0 aliphatic carbocycles. The smallest absolute Gasteiger partial charge is 0.419 e. The molecule has 1 aliphatic heterocycles. The molecule has 1 aromatic carbocycles. The van der Waals surface area contributed by atoms with Crippen molar-refractivity contribution in [1.82, 2.24) is 0 Å². The van der Waals surface area contributed by atoms with Crippen LogP contribution in [0.15, 0.2) is 24.3 Å². The van der Waals surface area contributed by atoms with Crippen LogP contribution in [0.4, 0.5) is 13.2 Å². The van der Waals surface area contributed by atoms with Crippen molar-refractivity contribution in [3.63, 3.8) is 0 Å². The number of rotatable bonds is 2. The average Bonchev–Trinajstić information content (AvgIpc) is 2.70. The molecule has 1 atom stereocenters. The van der Waals surface area contributed by atoms with Crippen LogP contribution in [0, 0.1) is 0 Å². The summed E-state index contributed by atoms with van der Waals surface area (Å²) in [6.45, 7) is 0.894. The van der Waals surface area contributed by atoms with Crippen molar-refractivity contribution < 1.29 is 22.6 Å². The number of ether oxygens (including phenoxy) is 2. The van der Waals surface area contributed by atoms with Gasteiger partial charge in [-0.15, -0.1) is 0 Å². The Kier molecular flexibility index (Phi) is 3.05. The SMILES string of the molecule is FC(F)(F)c1ccccc1O[C@H]1CCOC1. The molecule has 0 spiro atoms. The van der Waals surface area contributed by atoms with E-state index in [4.69, 9.17) is 9.47 Å². The number of hydrogen-bond acceptors (Lipinski definition) is 2. The molecule has 5 heteroatoms. The summed E-state index contributed by atoms with van der Waals surface area (Å²) >= 11 is 0. The van der Waals surface area contributed by atoms with Crippen molar-refractivity contribution in [2.45, 2.75) is 18.7 Å². The van der Waals surface area contributed by atoms with Crippen molar-refractivity contribution in [2.75, 3.05) is 13.2 Å². The second-order valence-corrected chi connectivity index (χ2v) is 3.60. The highest BCUT2D eigenvalue weighted by Crippen LogP contribution is 2.36. The third-order valence-electron chi connectivity index (χ3n) is 2.37. The van der Waals surface area contributed by atoms with Crippen LogP contribution >= 0.6 is 0 Å². The summed E-state index contributed by atoms with van der Waals surface area (Å²) in [5.41, 5.74) is -0.734. The normalized spacial score (nSPS) is 21.1. The fraction of sp³-hybridized carbons (Fsp3) is 0.455. The molecule has 1 aromatic rings. The molecule has 2 nitrogen and oxygen atoms in total. The van der Waals surface area contributed by atoms with Crippen molar-refractivity contribution >= 4 is 0 Å². The summed E-state index contributed by atoms with van der Waals surface area (Å²) < 4.78 is 48.2. The van der Waals surface area contributed by atoms with E-state index in [2.05, 4.69) is 0 Å². The minimum atomic E-state index is -4.38. The minimum absolute atomic E-state index is 0.120. The Morgan fingerprint density at radius 2 is 2.00 bits per heavy atom. The van der Waals surface area contributed by atoms with Gasteiger partial charge in [0.2, 0.25) is 0 Å². The summed E-state index contributed by atoms with van der Waals surface area (Å²) in [5, 5.41) is 0. The van der Waals surface area contributed by atoms with Crippen LogP contribution in [-0.2, 0) is 10.9 Å². The van der Waals surface area contributed by atoms with Gasteiger partial charge in [-0.3, -0.25) is 0 Å². The number of halogens is 3. The van der Waals surface area contributed by atoms with E-state index >= 15 is 0 Å². The molecule has 88 valence electrons. The molecule has 2 rings (SSSR count). The van der Waals surface area contributed by atoms with Gasteiger partial charge in [0.25, 0.3) is 0 Å². The monoisotopic (exact) mass is 232 g/mol. The maximum atomic E-state index is 12.6. The fourth-order valence-corrected chi connectivity index (χ4v) is 1.59. The lowest BCUT2D eigenvalue weighted by Crippen LogP contribution is -2.18. The third kappa shape index (κ3) is 2.47. The van der Waals surface area contributed by atoms with Gasteiger partial charge >= 0.3 is 6.18 Å². The Bertz CT molecular complexity index is 356. The van der Waals surface area contributed by atoms with Crippen LogP contribution in [0.25, 0.3) is 0 Å². The molecular weight excluding hydrogens is 221 g/mol. The summed E-state index contributed by atoms with van der Waals surface area (Å²) in [5.74, 6) is -0.120. The zero-order valence-electron chi connectivity index (χ0n) is 8.46. The molecule has 0 radical (unpaired) electrons. The van der Waals surface area contributed by atoms with Gasteiger partial charge < -0.3 is 9.47 Å². The lowest BCUT2D eigenvalue weighted by Gasteiger charge is -2.16. The van der Waals surface area contributed by atoms with Crippen molar-refractivity contribution in [3.05, 3.63) is 29.8 Å². The minimum Gasteiger partial charge on any atom is -0.487 e. The second kappa shape index (κ2) is 4.33. The number of hydrogen-bond donors (Lipinski definition) is 0. The first-order valence-corrected chi connectivity index (χ1v) is 4.98. The Morgan fingerprint density at radius 1 is 1.25 bits per heavy atom. The van der Waals surface area contributed by atoms with Gasteiger partial charge in [-0.1, -0.05) is 12.1 Å². The number of para-hydroxylation sites is 1. The molecule has 1 fully saturated rings. The molecule has 1 aliphatic rings. The molecule has 16 heavy (non-hydrogen) atoms. The van der Waals surface area contributed by atoms with E-state index in [1.165, 1.54) is 18.2 Å². The van der Waals surface area contributed by atoms with E-state index < -0.39 is 11.7 Å². The van der Waals surface area contributed by atoms with E-state index in [-0.39, 0.29) is 11.9 Å². The summed E-state index contributed by atoms with van der Waals surface area (Å²) in [6.07, 6.45) is -4.02. The van der Waals surface area contributed by atoms with Crippen molar-refractivity contribution in [3.8, 4) is 5.75 Å².